The molecule has 0 unspecified atom stereocenters. The quantitative estimate of drug-likeness (QED) is 0.784. The van der Waals surface area contributed by atoms with Crippen molar-refractivity contribution < 1.29 is 4.79 Å². The molecule has 0 bridgehead atoms. The third-order valence-corrected chi connectivity index (χ3v) is 6.79. The van der Waals surface area contributed by atoms with Gasteiger partial charge in [0.1, 0.15) is 0 Å². The Kier molecular flexibility index (Phi) is 3.91. The van der Waals surface area contributed by atoms with Crippen LogP contribution < -0.4 is 11.1 Å². The summed E-state index contributed by atoms with van der Waals surface area (Å²) in [5.74, 6) is 0.592. The number of amides is 1. The maximum atomic E-state index is 12.6. The number of nitrogens with one attached hydrogen (secondary N) is 1. The van der Waals surface area contributed by atoms with E-state index in [1.807, 2.05) is 0 Å². The highest BCUT2D eigenvalue weighted by molar-refractivity contribution is 7.80. The summed E-state index contributed by atoms with van der Waals surface area (Å²) in [6.07, 6.45) is 4.90. The number of carbonyl (C=O) groups excluding carboxylic acids is 1. The fourth-order valence-electron chi connectivity index (χ4n) is 3.95. The zero-order valence-electron chi connectivity index (χ0n) is 13.2. The van der Waals surface area contributed by atoms with E-state index < -0.39 is 5.41 Å². The minimum absolute atomic E-state index is 0.0585. The largest absolute Gasteiger partial charge is 0.392 e. The molecule has 0 aliphatic heterocycles. The fourth-order valence-corrected chi connectivity index (χ4v) is 4.24. The zero-order valence-corrected chi connectivity index (χ0v) is 14.0. The first kappa shape index (κ1) is 15.7. The second-order valence-electron chi connectivity index (χ2n) is 7.71. The van der Waals surface area contributed by atoms with E-state index in [9.17, 15) is 4.79 Å². The van der Waals surface area contributed by atoms with Gasteiger partial charge in [0, 0.05) is 6.54 Å². The second kappa shape index (κ2) is 4.97. The number of carbonyl (C=O) groups is 1. The van der Waals surface area contributed by atoms with Crippen LogP contribution in [0.15, 0.2) is 0 Å². The Bertz CT molecular complexity index is 408. The van der Waals surface area contributed by atoms with E-state index >= 15 is 0 Å². The molecular weight excluding hydrogens is 268 g/mol. The molecule has 114 valence electrons. The van der Waals surface area contributed by atoms with Gasteiger partial charge in [0.15, 0.2) is 0 Å². The maximum Gasteiger partial charge on any atom is 0.233 e. The first-order valence-corrected chi connectivity index (χ1v) is 8.15. The van der Waals surface area contributed by atoms with Crippen molar-refractivity contribution in [3.05, 3.63) is 0 Å². The van der Waals surface area contributed by atoms with Crippen LogP contribution in [0.1, 0.15) is 59.8 Å². The Balaban J connectivity index is 1.99. The minimum atomic E-state index is -0.587. The predicted molar refractivity (Wildman–Crippen MR) is 86.4 cm³/mol. The molecule has 0 aromatic rings. The van der Waals surface area contributed by atoms with E-state index in [-0.39, 0.29) is 5.91 Å². The molecule has 0 spiro atoms. The lowest BCUT2D eigenvalue weighted by Gasteiger charge is -2.34. The van der Waals surface area contributed by atoms with Crippen LogP contribution in [0.25, 0.3) is 0 Å². The molecule has 4 heteroatoms. The molecule has 0 saturated heterocycles. The number of hydrogen-bond donors (Lipinski definition) is 2. The Hall–Kier alpha value is -0.640. The number of hydrogen-bond acceptors (Lipinski definition) is 2. The van der Waals surface area contributed by atoms with Gasteiger partial charge in [-0.1, -0.05) is 59.2 Å². The van der Waals surface area contributed by atoms with Crippen LogP contribution in [0, 0.1) is 22.2 Å². The molecule has 3 N–H and O–H groups in total. The lowest BCUT2D eigenvalue weighted by atomic mass is 9.73. The van der Waals surface area contributed by atoms with Gasteiger partial charge in [-0.15, -0.1) is 0 Å². The number of rotatable bonds is 4. The van der Waals surface area contributed by atoms with E-state index in [1.54, 1.807) is 0 Å². The maximum absolute atomic E-state index is 12.6. The highest BCUT2D eigenvalue weighted by Crippen LogP contribution is 2.67. The molecule has 3 nitrogen and oxygen atoms in total. The molecule has 2 fully saturated rings. The summed E-state index contributed by atoms with van der Waals surface area (Å²) in [5, 5.41) is 3.14. The van der Waals surface area contributed by atoms with Crippen molar-refractivity contribution >= 4 is 23.1 Å². The van der Waals surface area contributed by atoms with Gasteiger partial charge < -0.3 is 11.1 Å². The van der Waals surface area contributed by atoms with Gasteiger partial charge in [-0.25, -0.2) is 0 Å². The predicted octanol–water partition coefficient (Wildman–Crippen LogP) is 3.02. The molecule has 0 aromatic carbocycles. The Morgan fingerprint density at radius 1 is 1.15 bits per heavy atom. The van der Waals surface area contributed by atoms with E-state index in [0.29, 0.717) is 21.7 Å². The lowest BCUT2D eigenvalue weighted by Crippen LogP contribution is -2.50. The van der Waals surface area contributed by atoms with Gasteiger partial charge >= 0.3 is 0 Å². The van der Waals surface area contributed by atoms with Crippen molar-refractivity contribution in [2.75, 3.05) is 6.54 Å². The monoisotopic (exact) mass is 296 g/mol. The van der Waals surface area contributed by atoms with Crippen molar-refractivity contribution in [3.8, 4) is 0 Å². The Labute approximate surface area is 128 Å². The molecule has 2 aliphatic rings. The van der Waals surface area contributed by atoms with Crippen molar-refractivity contribution in [3.63, 3.8) is 0 Å². The summed E-state index contributed by atoms with van der Waals surface area (Å²) in [7, 11) is 0. The van der Waals surface area contributed by atoms with E-state index in [0.717, 1.165) is 32.2 Å². The fraction of sp³-hybridized carbons (Fsp3) is 0.875. The average Bonchev–Trinajstić information content (AvgIpc) is 2.77. The van der Waals surface area contributed by atoms with Crippen LogP contribution in [0.3, 0.4) is 0 Å². The molecule has 0 radical (unpaired) electrons. The van der Waals surface area contributed by atoms with E-state index in [1.165, 1.54) is 6.42 Å². The smallest absolute Gasteiger partial charge is 0.233 e. The summed E-state index contributed by atoms with van der Waals surface area (Å²) in [5.41, 5.74) is 5.91. The molecule has 20 heavy (non-hydrogen) atoms. The summed E-state index contributed by atoms with van der Waals surface area (Å²) in [6.45, 7) is 9.83. The topological polar surface area (TPSA) is 55.1 Å². The lowest BCUT2D eigenvalue weighted by molar-refractivity contribution is -0.128. The number of nitrogens with two attached hydrogens (primary N) is 1. The first-order chi connectivity index (χ1) is 9.16. The van der Waals surface area contributed by atoms with Crippen molar-refractivity contribution in [1.29, 1.82) is 0 Å². The normalized spacial score (nSPS) is 26.8. The van der Waals surface area contributed by atoms with Crippen LogP contribution in [0.4, 0.5) is 0 Å². The summed E-state index contributed by atoms with van der Waals surface area (Å²) < 4.78 is 0. The van der Waals surface area contributed by atoms with Gasteiger partial charge in [0.05, 0.1) is 10.4 Å². The average molecular weight is 296 g/mol. The van der Waals surface area contributed by atoms with Gasteiger partial charge in [-0.3, -0.25) is 4.79 Å². The first-order valence-electron chi connectivity index (χ1n) is 7.74. The van der Waals surface area contributed by atoms with E-state index in [2.05, 4.69) is 33.0 Å². The van der Waals surface area contributed by atoms with Crippen molar-refractivity contribution in [2.45, 2.75) is 59.8 Å². The summed E-state index contributed by atoms with van der Waals surface area (Å²) in [6, 6.07) is 0. The highest BCUT2D eigenvalue weighted by atomic mass is 32.1. The molecule has 2 rings (SSSR count). The van der Waals surface area contributed by atoms with Gasteiger partial charge in [0.25, 0.3) is 0 Å². The second-order valence-corrected chi connectivity index (χ2v) is 8.15. The van der Waals surface area contributed by atoms with Crippen molar-refractivity contribution in [1.82, 2.24) is 5.32 Å². The Morgan fingerprint density at radius 3 is 2.05 bits per heavy atom. The SMILES string of the molecule is CC1(C)C(CNC(=O)C2(C(N)=S)CCCCC2)C1(C)C. The van der Waals surface area contributed by atoms with Crippen LogP contribution in [-0.2, 0) is 4.79 Å². The molecule has 2 aliphatic carbocycles. The standard InChI is InChI=1S/C16H28N2OS/c1-14(2)11(15(14,3)4)10-18-13(19)16(12(17)20)8-6-5-7-9-16/h11H,5-10H2,1-4H3,(H2,17,20)(H,18,19). The van der Waals surface area contributed by atoms with Crippen LogP contribution in [-0.4, -0.2) is 17.4 Å². The van der Waals surface area contributed by atoms with Crippen molar-refractivity contribution in [2.24, 2.45) is 27.9 Å². The number of thiocarbonyl (C=S) groups is 1. The third-order valence-electron chi connectivity index (χ3n) is 6.40. The molecule has 0 atom stereocenters. The molecular formula is C16H28N2OS. The highest BCUT2D eigenvalue weighted by Gasteiger charge is 2.64. The summed E-state index contributed by atoms with van der Waals surface area (Å²) in [4.78, 5) is 13.0. The van der Waals surface area contributed by atoms with Gasteiger partial charge in [-0.05, 0) is 29.6 Å². The van der Waals surface area contributed by atoms with Crippen LogP contribution >= 0.6 is 12.2 Å². The molecule has 0 heterocycles. The zero-order chi connectivity index (χ0) is 15.2. The molecule has 2 saturated carbocycles. The molecule has 0 aromatic heterocycles. The van der Waals surface area contributed by atoms with Crippen LogP contribution in [0.2, 0.25) is 0 Å². The van der Waals surface area contributed by atoms with Crippen LogP contribution in [0.5, 0.6) is 0 Å². The molecule has 1 amide bonds. The van der Waals surface area contributed by atoms with Gasteiger partial charge in [-0.2, -0.15) is 0 Å². The Morgan fingerprint density at radius 2 is 1.65 bits per heavy atom. The van der Waals surface area contributed by atoms with E-state index in [4.69, 9.17) is 18.0 Å². The summed E-state index contributed by atoms with van der Waals surface area (Å²) >= 11 is 5.21. The third kappa shape index (κ3) is 2.26. The van der Waals surface area contributed by atoms with Gasteiger partial charge in [0.2, 0.25) is 5.91 Å². The minimum Gasteiger partial charge on any atom is -0.392 e.